The van der Waals surface area contributed by atoms with Crippen molar-refractivity contribution in [1.82, 2.24) is 10.0 Å². The Morgan fingerprint density at radius 3 is 2.16 bits per heavy atom. The molecule has 0 saturated carbocycles. The number of hydrogen-bond acceptors (Lipinski definition) is 5. The second-order valence-electron chi connectivity index (χ2n) is 9.02. The van der Waals surface area contributed by atoms with E-state index in [0.717, 1.165) is 11.1 Å². The zero-order valence-corrected chi connectivity index (χ0v) is 23.8. The Morgan fingerprint density at radius 2 is 1.66 bits per heavy atom. The van der Waals surface area contributed by atoms with Gasteiger partial charge in [0.05, 0.1) is 12.0 Å². The van der Waals surface area contributed by atoms with Crippen molar-refractivity contribution in [1.29, 1.82) is 0 Å². The second-order valence-corrected chi connectivity index (χ2v) is 10.7. The highest BCUT2D eigenvalue weighted by Gasteiger charge is 2.29. The predicted molar refractivity (Wildman–Crippen MR) is 153 cm³/mol. The highest BCUT2D eigenvalue weighted by molar-refractivity contribution is 7.93. The normalized spacial score (nSPS) is 13.1. The van der Waals surface area contributed by atoms with Crippen LogP contribution >= 0.6 is 0 Å². The predicted octanol–water partition coefficient (Wildman–Crippen LogP) is 5.18. The number of hydrogen-bond donors (Lipinski definition) is 2. The molecule has 38 heavy (non-hydrogen) atoms. The number of nitrogens with one attached hydrogen (secondary N) is 2. The van der Waals surface area contributed by atoms with Gasteiger partial charge in [0, 0.05) is 18.7 Å². The minimum Gasteiger partial charge on any atom is -0.497 e. The highest BCUT2D eigenvalue weighted by Crippen LogP contribution is 2.22. The lowest BCUT2D eigenvalue weighted by Gasteiger charge is -2.27. The number of methoxy groups -OCH3 is 1. The summed E-state index contributed by atoms with van der Waals surface area (Å²) in [5.41, 5.74) is 2.30. The first-order valence-corrected chi connectivity index (χ1v) is 14.2. The van der Waals surface area contributed by atoms with Crippen molar-refractivity contribution in [3.8, 4) is 5.75 Å². The monoisotopic (exact) mass is 541 g/mol. The molecule has 1 atom stereocenters. The summed E-state index contributed by atoms with van der Waals surface area (Å²) in [5.74, 6) is -0.0657. The Bertz CT molecular complexity index is 1240. The summed E-state index contributed by atoms with van der Waals surface area (Å²) in [5, 5.41) is 2.62. The smallest absolute Gasteiger partial charge is 0.329 e. The first kappa shape index (κ1) is 30.6. The molecular weight excluding hydrogens is 502 g/mol. The molecule has 0 spiro atoms. The fourth-order valence-electron chi connectivity index (χ4n) is 3.96. The molecule has 0 aromatic heterocycles. The number of sulfonamides is 1. The van der Waals surface area contributed by atoms with Crippen molar-refractivity contribution in [2.24, 2.45) is 5.92 Å². The molecule has 3 amide bonds. The molecule has 2 rings (SSSR count). The van der Waals surface area contributed by atoms with Crippen LogP contribution in [0.3, 0.4) is 0 Å². The van der Waals surface area contributed by atoms with Gasteiger partial charge in [-0.05, 0) is 62.1 Å². The molecule has 206 valence electrons. The number of likely N-dealkylation sites (N-methyl/N-ethyl adjacent to an activating group) is 1. The number of urea groups is 1. The third-order valence-corrected chi connectivity index (χ3v) is 7.73. The van der Waals surface area contributed by atoms with Gasteiger partial charge in [-0.1, -0.05) is 62.8 Å². The fraction of sp³-hybridized carbons (Fsp3) is 0.379. The van der Waals surface area contributed by atoms with E-state index in [4.69, 9.17) is 4.74 Å². The molecule has 0 aliphatic rings. The Balaban J connectivity index is 2.35. The van der Waals surface area contributed by atoms with Crippen LogP contribution in [0, 0.1) is 5.92 Å². The molecule has 0 aliphatic heterocycles. The molecule has 0 aliphatic carbocycles. The minimum absolute atomic E-state index is 0.0990. The number of carbonyl (C=O) groups excluding carboxylic acids is 2. The van der Waals surface area contributed by atoms with Crippen LogP contribution in [-0.2, 0) is 21.2 Å². The van der Waals surface area contributed by atoms with Gasteiger partial charge in [-0.25, -0.2) is 17.9 Å². The Hall–Kier alpha value is -3.59. The maximum Gasteiger partial charge on any atom is 0.329 e. The summed E-state index contributed by atoms with van der Waals surface area (Å²) < 4.78 is 33.6. The number of allylic oxidation sites excluding steroid dienone is 4. The maximum absolute atomic E-state index is 13.7. The summed E-state index contributed by atoms with van der Waals surface area (Å²) in [6.07, 6.45) is 4.27. The molecule has 0 heterocycles. The van der Waals surface area contributed by atoms with Crippen LogP contribution in [0.1, 0.15) is 46.6 Å². The van der Waals surface area contributed by atoms with Crippen molar-refractivity contribution < 1.29 is 22.7 Å². The largest absolute Gasteiger partial charge is 0.497 e. The molecule has 0 unspecified atom stereocenters. The third-order valence-electron chi connectivity index (χ3n) is 6.07. The van der Waals surface area contributed by atoms with E-state index in [1.165, 1.54) is 0 Å². The first-order chi connectivity index (χ1) is 18.1. The molecule has 2 N–H and O–H groups in total. The van der Waals surface area contributed by atoms with E-state index in [9.17, 15) is 18.0 Å². The minimum atomic E-state index is -4.15. The van der Waals surface area contributed by atoms with Crippen LogP contribution < -0.4 is 19.7 Å². The van der Waals surface area contributed by atoms with Gasteiger partial charge in [0.15, 0.2) is 0 Å². The average molecular weight is 542 g/mol. The van der Waals surface area contributed by atoms with Crippen LogP contribution in [0.25, 0.3) is 0 Å². The number of benzene rings is 2. The van der Waals surface area contributed by atoms with E-state index in [-0.39, 0.29) is 23.2 Å². The van der Waals surface area contributed by atoms with Crippen molar-refractivity contribution in [2.75, 3.05) is 18.6 Å². The number of rotatable bonds is 12. The Morgan fingerprint density at radius 1 is 1.03 bits per heavy atom. The van der Waals surface area contributed by atoms with Gasteiger partial charge in [-0.15, -0.1) is 0 Å². The van der Waals surface area contributed by atoms with Crippen LogP contribution in [0.4, 0.5) is 10.5 Å². The zero-order valence-electron chi connectivity index (χ0n) is 23.0. The lowest BCUT2D eigenvalue weighted by atomic mass is 10.0. The molecule has 9 heteroatoms. The van der Waals surface area contributed by atoms with Crippen LogP contribution in [0.15, 0.2) is 77.2 Å². The van der Waals surface area contributed by atoms with E-state index in [1.807, 2.05) is 57.2 Å². The lowest BCUT2D eigenvalue weighted by Crippen LogP contribution is -2.53. The van der Waals surface area contributed by atoms with Gasteiger partial charge in [-0.3, -0.25) is 4.79 Å². The van der Waals surface area contributed by atoms with Gasteiger partial charge in [-0.2, -0.15) is 0 Å². The van der Waals surface area contributed by atoms with Gasteiger partial charge < -0.3 is 15.0 Å². The lowest BCUT2D eigenvalue weighted by molar-refractivity contribution is -0.120. The molecule has 8 nitrogen and oxygen atoms in total. The van der Waals surface area contributed by atoms with E-state index in [0.29, 0.717) is 24.4 Å². The fourth-order valence-corrected chi connectivity index (χ4v) is 5.31. The van der Waals surface area contributed by atoms with Crippen molar-refractivity contribution >= 4 is 27.6 Å². The van der Waals surface area contributed by atoms with E-state index in [2.05, 4.69) is 10.0 Å². The van der Waals surface area contributed by atoms with Crippen molar-refractivity contribution in [2.45, 2.75) is 53.5 Å². The maximum atomic E-state index is 13.7. The second kappa shape index (κ2) is 14.4. The quantitative estimate of drug-likeness (QED) is 0.360. The average Bonchev–Trinajstić information content (AvgIpc) is 2.89. The van der Waals surface area contributed by atoms with Crippen molar-refractivity contribution in [3.63, 3.8) is 0 Å². The topological polar surface area (TPSA) is 105 Å². The molecule has 0 saturated heterocycles. The SMILES string of the molecule is C/C=C(\C=C(/C(C)C)S(=O)(=O)NC(=O)N[C@@H](Cc1ccccc1)C(=O)N(CC)c1ccc(OC)cc1)CC. The third kappa shape index (κ3) is 8.48. The summed E-state index contributed by atoms with van der Waals surface area (Å²) in [4.78, 5) is 28.3. The van der Waals surface area contributed by atoms with E-state index in [1.54, 1.807) is 56.2 Å². The number of amides is 3. The molecular formula is C29H39N3O5S. The van der Waals surface area contributed by atoms with E-state index >= 15 is 0 Å². The van der Waals surface area contributed by atoms with Gasteiger partial charge in [0.1, 0.15) is 11.8 Å². The van der Waals surface area contributed by atoms with Gasteiger partial charge >= 0.3 is 6.03 Å². The summed E-state index contributed by atoms with van der Waals surface area (Å²) in [6.45, 7) is 9.45. The Kier molecular flexibility index (Phi) is 11.6. The summed E-state index contributed by atoms with van der Waals surface area (Å²) in [7, 11) is -2.59. The molecule has 2 aromatic rings. The molecule has 0 bridgehead atoms. The summed E-state index contributed by atoms with van der Waals surface area (Å²) in [6, 6.07) is 14.3. The van der Waals surface area contributed by atoms with Gasteiger partial charge in [0.25, 0.3) is 10.0 Å². The van der Waals surface area contributed by atoms with Crippen LogP contribution in [-0.4, -0.2) is 40.1 Å². The first-order valence-electron chi connectivity index (χ1n) is 12.8. The van der Waals surface area contributed by atoms with Crippen LogP contribution in [0.2, 0.25) is 0 Å². The molecule has 0 radical (unpaired) electrons. The summed E-state index contributed by atoms with van der Waals surface area (Å²) >= 11 is 0. The number of anilines is 1. The standard InChI is InChI=1S/C29H39N3O5S/c1-7-22(8-2)20-27(21(4)5)38(35,36)31-29(34)30-26(19-23-13-11-10-12-14-23)28(33)32(9-3)24-15-17-25(37-6)18-16-24/h7,10-18,20-21,26H,8-9,19H2,1-6H3,(H2,30,31,34)/b22-7-,27-20+/t26-/m0/s1. The molecule has 0 fully saturated rings. The number of carbonyl (C=O) groups is 2. The Labute approximate surface area is 226 Å². The zero-order chi connectivity index (χ0) is 28.3. The van der Waals surface area contributed by atoms with Gasteiger partial charge in [0.2, 0.25) is 5.91 Å². The highest BCUT2D eigenvalue weighted by atomic mass is 32.2. The molecule has 2 aromatic carbocycles. The van der Waals surface area contributed by atoms with Crippen LogP contribution in [0.5, 0.6) is 5.75 Å². The van der Waals surface area contributed by atoms with E-state index < -0.39 is 22.1 Å². The van der Waals surface area contributed by atoms with Crippen molar-refractivity contribution in [3.05, 3.63) is 82.8 Å². The number of ether oxygens (including phenoxy) is 1. The number of nitrogens with zero attached hydrogens (tertiary/aromatic N) is 1.